The maximum absolute atomic E-state index is 11.8. The van der Waals surface area contributed by atoms with Crippen molar-refractivity contribution in [3.8, 4) is 44.5 Å². The van der Waals surface area contributed by atoms with Gasteiger partial charge in [0.2, 0.25) is 0 Å². The van der Waals surface area contributed by atoms with Gasteiger partial charge in [-0.3, -0.25) is 4.98 Å². The molecule has 240 valence electrons. The molecule has 9 rings (SSSR count). The Bertz CT molecular complexity index is 2390. The van der Waals surface area contributed by atoms with E-state index in [1.807, 2.05) is 133 Å². The molecule has 2 N–H and O–H groups in total. The summed E-state index contributed by atoms with van der Waals surface area (Å²) in [5.41, 5.74) is 11.7. The number of aliphatic hydroxyl groups excluding tert-OH is 2. The monoisotopic (exact) mass is 710 g/mol. The molecule has 6 nitrogen and oxygen atoms in total. The fraction of sp³-hybridized carbons (Fsp3) is 0.0455. The molecular weight excluding hydrogens is 682 g/mol. The molecule has 0 radical (unpaired) electrons. The van der Waals surface area contributed by atoms with Crippen molar-refractivity contribution in [2.75, 3.05) is 0 Å². The van der Waals surface area contributed by atoms with E-state index in [1.54, 1.807) is 0 Å². The molecule has 8 bridgehead atoms. The molecule has 2 aliphatic heterocycles. The number of nitrogens with zero attached hydrogens (tertiary/aromatic N) is 4. The molecule has 7 heteroatoms. The van der Waals surface area contributed by atoms with Crippen molar-refractivity contribution >= 4 is 34.2 Å². The average Bonchev–Trinajstić information content (AvgIpc) is 3.99. The Morgan fingerprint density at radius 2 is 0.667 bits per heavy atom. The third-order valence-electron chi connectivity index (χ3n) is 9.32. The van der Waals surface area contributed by atoms with Crippen molar-refractivity contribution < 1.29 is 29.7 Å². The van der Waals surface area contributed by atoms with Crippen LogP contribution >= 0.6 is 0 Å². The Morgan fingerprint density at radius 3 is 1.00 bits per heavy atom. The maximum Gasteiger partial charge on any atom is 2.00 e. The van der Waals surface area contributed by atoms with Gasteiger partial charge in [-0.25, -0.2) is 4.98 Å². The summed E-state index contributed by atoms with van der Waals surface area (Å²) in [7, 11) is 0. The molecule has 0 saturated heterocycles. The third-order valence-corrected chi connectivity index (χ3v) is 9.32. The van der Waals surface area contributed by atoms with Crippen LogP contribution in [0.15, 0.2) is 146 Å². The van der Waals surface area contributed by atoms with Crippen molar-refractivity contribution in [2.45, 2.75) is 12.2 Å². The molecule has 0 aliphatic carbocycles. The number of fused-ring (bicyclic) bond motifs is 8. The van der Waals surface area contributed by atoms with Gasteiger partial charge >= 0.3 is 19.5 Å². The van der Waals surface area contributed by atoms with Crippen molar-refractivity contribution in [3.63, 3.8) is 0 Å². The van der Waals surface area contributed by atoms with E-state index in [0.29, 0.717) is 33.5 Å². The molecule has 2 aliphatic rings. The zero-order chi connectivity index (χ0) is 33.6. The van der Waals surface area contributed by atoms with Crippen LogP contribution in [0.4, 0.5) is 0 Å². The minimum atomic E-state index is -1.30. The van der Waals surface area contributed by atoms with E-state index >= 15 is 0 Å². The van der Waals surface area contributed by atoms with Gasteiger partial charge in [-0.05, 0) is 56.7 Å². The zero-order valence-corrected chi connectivity index (χ0v) is 30.5. The maximum atomic E-state index is 11.8. The summed E-state index contributed by atoms with van der Waals surface area (Å²) in [6, 6.07) is 47.8. The van der Waals surface area contributed by atoms with Gasteiger partial charge in [0, 0.05) is 0 Å². The van der Waals surface area contributed by atoms with Gasteiger partial charge in [-0.1, -0.05) is 146 Å². The molecular formula is C44H30N4O2Zn. The first-order chi connectivity index (χ1) is 24.6. The topological polar surface area (TPSA) is 94.4 Å². The van der Waals surface area contributed by atoms with Crippen molar-refractivity contribution in [3.05, 3.63) is 168 Å². The Balaban J connectivity index is 0.00000374. The van der Waals surface area contributed by atoms with Gasteiger partial charge in [0.1, 0.15) is 12.2 Å². The number of rotatable bonds is 4. The average molecular weight is 712 g/mol. The molecule has 7 aromatic rings. The van der Waals surface area contributed by atoms with Gasteiger partial charge in [-0.2, -0.15) is 0 Å². The SMILES string of the molecule is O[C@@H]1c2nc(c(-c3ccccc3)c3ccc([n-]3)c(-c3ccccc3)c3nc(c(-c4ccccc4)c4ccc([n-]4)c2-c2ccccc2)C=C3)[C@@H]1O.[Zn+2]. The molecule has 0 fully saturated rings. The summed E-state index contributed by atoms with van der Waals surface area (Å²) in [5, 5.41) is 23.6. The molecule has 3 aromatic heterocycles. The number of benzene rings is 4. The largest absolute Gasteiger partial charge is 2.00 e. The quantitative estimate of drug-likeness (QED) is 0.177. The summed E-state index contributed by atoms with van der Waals surface area (Å²) < 4.78 is 0. The summed E-state index contributed by atoms with van der Waals surface area (Å²) >= 11 is 0. The number of hydrogen-bond donors (Lipinski definition) is 2. The molecule has 0 spiro atoms. The van der Waals surface area contributed by atoms with Crippen LogP contribution in [0, 0.1) is 0 Å². The van der Waals surface area contributed by atoms with Crippen LogP contribution in [-0.4, -0.2) is 20.2 Å². The van der Waals surface area contributed by atoms with Crippen LogP contribution in [0.25, 0.3) is 78.7 Å². The van der Waals surface area contributed by atoms with Gasteiger partial charge in [0.05, 0.1) is 22.8 Å². The molecule has 2 atom stereocenters. The fourth-order valence-corrected chi connectivity index (χ4v) is 7.02. The third kappa shape index (κ3) is 5.76. The van der Waals surface area contributed by atoms with Crippen LogP contribution in [0.5, 0.6) is 0 Å². The second-order valence-electron chi connectivity index (χ2n) is 12.4. The molecule has 0 unspecified atom stereocenters. The first-order valence-electron chi connectivity index (χ1n) is 16.6. The Labute approximate surface area is 307 Å². The van der Waals surface area contributed by atoms with E-state index in [2.05, 4.69) is 24.3 Å². The van der Waals surface area contributed by atoms with Gasteiger partial charge < -0.3 is 20.2 Å². The van der Waals surface area contributed by atoms with Crippen molar-refractivity contribution in [1.82, 2.24) is 19.9 Å². The van der Waals surface area contributed by atoms with Crippen LogP contribution < -0.4 is 9.97 Å². The molecule has 4 aromatic carbocycles. The van der Waals surface area contributed by atoms with E-state index in [1.165, 1.54) is 0 Å². The van der Waals surface area contributed by atoms with Gasteiger partial charge in [0.15, 0.2) is 0 Å². The fourth-order valence-electron chi connectivity index (χ4n) is 7.02. The Morgan fingerprint density at radius 1 is 0.373 bits per heavy atom. The van der Waals surface area contributed by atoms with E-state index in [0.717, 1.165) is 55.8 Å². The summed E-state index contributed by atoms with van der Waals surface area (Å²) in [4.78, 5) is 20.8. The van der Waals surface area contributed by atoms with Crippen LogP contribution in [0.1, 0.15) is 35.0 Å². The minimum absolute atomic E-state index is 0. The van der Waals surface area contributed by atoms with Crippen LogP contribution in [-0.2, 0) is 19.5 Å². The van der Waals surface area contributed by atoms with Crippen molar-refractivity contribution in [1.29, 1.82) is 0 Å². The smallest absolute Gasteiger partial charge is 0.657 e. The second kappa shape index (κ2) is 13.5. The second-order valence-corrected chi connectivity index (χ2v) is 12.4. The van der Waals surface area contributed by atoms with Crippen LogP contribution in [0.3, 0.4) is 0 Å². The Kier molecular flexibility index (Phi) is 8.62. The predicted molar refractivity (Wildman–Crippen MR) is 200 cm³/mol. The van der Waals surface area contributed by atoms with Gasteiger partial charge in [-0.15, -0.1) is 22.1 Å². The molecule has 51 heavy (non-hydrogen) atoms. The molecule has 0 amide bonds. The standard InChI is InChI=1S/C44H30N4O2.Zn/c49-43-41-39(29-17-9-3-10-18-29)35-25-23-33(46-35)37(27-13-5-1-6-14-27)31-21-22-32(45-31)38(28-15-7-2-8-16-28)34-24-26-36(47-34)40(42(48-41)44(43)50)30-19-11-4-12-20-30;/h1-26,43-44,49-50H;/q-2;+2/t43-,44+;. The summed E-state index contributed by atoms with van der Waals surface area (Å²) in [5.74, 6) is 0. The van der Waals surface area contributed by atoms with Crippen LogP contribution in [0.2, 0.25) is 0 Å². The molecule has 5 heterocycles. The zero-order valence-electron chi connectivity index (χ0n) is 27.6. The Hall–Kier alpha value is -5.72. The minimum Gasteiger partial charge on any atom is -0.657 e. The number of aliphatic hydroxyl groups is 2. The van der Waals surface area contributed by atoms with Crippen molar-refractivity contribution in [2.24, 2.45) is 0 Å². The summed E-state index contributed by atoms with van der Waals surface area (Å²) in [6.45, 7) is 0. The summed E-state index contributed by atoms with van der Waals surface area (Å²) in [6.07, 6.45) is 1.49. The first kappa shape index (κ1) is 32.5. The number of hydrogen-bond acceptors (Lipinski definition) is 4. The van der Waals surface area contributed by atoms with E-state index in [9.17, 15) is 10.2 Å². The number of aromatic nitrogens is 4. The van der Waals surface area contributed by atoms with E-state index in [-0.39, 0.29) is 19.5 Å². The van der Waals surface area contributed by atoms with Gasteiger partial charge in [0.25, 0.3) is 0 Å². The van der Waals surface area contributed by atoms with E-state index in [4.69, 9.17) is 19.9 Å². The van der Waals surface area contributed by atoms with E-state index < -0.39 is 12.2 Å². The molecule has 0 saturated carbocycles. The predicted octanol–water partition coefficient (Wildman–Crippen LogP) is 9.18. The first-order valence-corrected chi connectivity index (χ1v) is 16.6. The normalized spacial score (nSPS) is 15.0.